The van der Waals surface area contributed by atoms with E-state index in [4.69, 9.17) is 0 Å². The summed E-state index contributed by atoms with van der Waals surface area (Å²) in [6, 6.07) is 4.27. The molecule has 8 heteroatoms. The van der Waals surface area contributed by atoms with Gasteiger partial charge >= 0.3 is 0 Å². The average molecular weight is 409 g/mol. The summed E-state index contributed by atoms with van der Waals surface area (Å²) in [6.07, 6.45) is 12.0. The van der Waals surface area contributed by atoms with Gasteiger partial charge in [0.2, 0.25) is 5.91 Å². The zero-order chi connectivity index (χ0) is 20.8. The van der Waals surface area contributed by atoms with Crippen molar-refractivity contribution in [2.45, 2.75) is 38.3 Å². The van der Waals surface area contributed by atoms with Crippen molar-refractivity contribution in [1.29, 1.82) is 0 Å². The number of carbonyl (C=O) groups excluding carboxylic acids is 2. The molecule has 1 atom stereocenters. The summed E-state index contributed by atoms with van der Waals surface area (Å²) in [4.78, 5) is 41.7. The molecule has 8 nitrogen and oxygen atoms in total. The van der Waals surface area contributed by atoms with Crippen LogP contribution in [-0.4, -0.2) is 68.8 Å². The van der Waals surface area contributed by atoms with Gasteiger partial charge in [-0.15, -0.1) is 0 Å². The molecule has 2 aromatic rings. The van der Waals surface area contributed by atoms with Crippen LogP contribution in [0.5, 0.6) is 0 Å². The molecule has 4 heterocycles. The molecule has 2 saturated heterocycles. The average Bonchev–Trinajstić information content (AvgIpc) is 2.83. The highest BCUT2D eigenvalue weighted by Gasteiger charge is 2.32. The fraction of sp³-hybridized carbons (Fsp3) is 0.500. The first-order chi connectivity index (χ1) is 14.7. The van der Waals surface area contributed by atoms with Crippen LogP contribution in [0, 0.1) is 5.92 Å². The van der Waals surface area contributed by atoms with Gasteiger partial charge < -0.3 is 10.2 Å². The molecule has 30 heavy (non-hydrogen) atoms. The van der Waals surface area contributed by atoms with Gasteiger partial charge in [-0.05, 0) is 43.9 Å². The molecule has 2 aliphatic rings. The van der Waals surface area contributed by atoms with Gasteiger partial charge in [-0.1, -0.05) is 6.07 Å². The Morgan fingerprint density at radius 3 is 2.60 bits per heavy atom. The maximum Gasteiger partial charge on any atom is 0.274 e. The van der Waals surface area contributed by atoms with Crippen LogP contribution < -0.4 is 5.32 Å². The summed E-state index contributed by atoms with van der Waals surface area (Å²) in [5.74, 6) is 0.0985. The molecule has 0 saturated carbocycles. The van der Waals surface area contributed by atoms with Gasteiger partial charge in [0.1, 0.15) is 5.69 Å². The Hall–Kier alpha value is -2.87. The Bertz CT molecular complexity index is 839. The molecule has 0 aromatic carbocycles. The molecular formula is C22H28N6O2. The van der Waals surface area contributed by atoms with Gasteiger partial charge in [0.25, 0.3) is 5.91 Å². The lowest BCUT2D eigenvalue weighted by molar-refractivity contribution is -0.127. The summed E-state index contributed by atoms with van der Waals surface area (Å²) in [7, 11) is 0. The van der Waals surface area contributed by atoms with Crippen molar-refractivity contribution in [2.75, 3.05) is 26.2 Å². The van der Waals surface area contributed by atoms with Crippen LogP contribution >= 0.6 is 0 Å². The van der Waals surface area contributed by atoms with Gasteiger partial charge in [0.15, 0.2) is 0 Å². The molecule has 1 unspecified atom stereocenters. The second kappa shape index (κ2) is 9.75. The highest BCUT2D eigenvalue weighted by molar-refractivity contribution is 5.92. The zero-order valence-electron chi connectivity index (χ0n) is 17.1. The van der Waals surface area contributed by atoms with E-state index in [2.05, 4.69) is 25.2 Å². The molecule has 2 aliphatic heterocycles. The molecule has 0 aliphatic carbocycles. The molecule has 158 valence electrons. The van der Waals surface area contributed by atoms with E-state index in [0.29, 0.717) is 31.4 Å². The van der Waals surface area contributed by atoms with Crippen LogP contribution in [0.3, 0.4) is 0 Å². The lowest BCUT2D eigenvalue weighted by atomic mass is 9.93. The first-order valence-electron chi connectivity index (χ1n) is 10.7. The van der Waals surface area contributed by atoms with Gasteiger partial charge in [0, 0.05) is 57.0 Å². The summed E-state index contributed by atoms with van der Waals surface area (Å²) in [5.41, 5.74) is 1.41. The molecule has 0 radical (unpaired) electrons. The highest BCUT2D eigenvalue weighted by atomic mass is 16.2. The number of rotatable bonds is 5. The summed E-state index contributed by atoms with van der Waals surface area (Å²) in [6.45, 7) is 3.77. The minimum Gasteiger partial charge on any atom is -0.352 e. The Labute approximate surface area is 176 Å². The van der Waals surface area contributed by atoms with Crippen LogP contribution in [0.1, 0.15) is 41.7 Å². The third-order valence-electron chi connectivity index (χ3n) is 6.06. The number of pyridine rings is 1. The Kier molecular flexibility index (Phi) is 6.63. The largest absolute Gasteiger partial charge is 0.352 e. The van der Waals surface area contributed by atoms with E-state index in [1.807, 2.05) is 17.0 Å². The summed E-state index contributed by atoms with van der Waals surface area (Å²) < 4.78 is 0. The fourth-order valence-corrected chi connectivity index (χ4v) is 4.39. The highest BCUT2D eigenvalue weighted by Crippen LogP contribution is 2.24. The molecule has 4 rings (SSSR count). The third-order valence-corrected chi connectivity index (χ3v) is 6.06. The molecule has 2 amide bonds. The lowest BCUT2D eigenvalue weighted by Gasteiger charge is -2.42. The second-order valence-corrected chi connectivity index (χ2v) is 8.03. The number of amides is 2. The normalized spacial score (nSPS) is 20.7. The van der Waals surface area contributed by atoms with E-state index in [0.717, 1.165) is 44.3 Å². The van der Waals surface area contributed by atoms with Crippen LogP contribution in [-0.2, 0) is 11.3 Å². The number of hydrogen-bond donors (Lipinski definition) is 1. The fourth-order valence-electron chi connectivity index (χ4n) is 4.39. The van der Waals surface area contributed by atoms with Crippen LogP contribution in [0.4, 0.5) is 0 Å². The number of nitrogens with one attached hydrogen (secondary N) is 1. The van der Waals surface area contributed by atoms with Gasteiger partial charge in [0.05, 0.1) is 12.1 Å². The number of nitrogens with zero attached hydrogens (tertiary/aromatic N) is 5. The van der Waals surface area contributed by atoms with Crippen molar-refractivity contribution in [1.82, 2.24) is 30.1 Å². The predicted octanol–water partition coefficient (Wildman–Crippen LogP) is 1.50. The molecular weight excluding hydrogens is 380 g/mol. The maximum absolute atomic E-state index is 12.7. The number of carbonyl (C=O) groups is 2. The van der Waals surface area contributed by atoms with Crippen molar-refractivity contribution in [3.63, 3.8) is 0 Å². The predicted molar refractivity (Wildman–Crippen MR) is 111 cm³/mol. The SMILES string of the molecule is O=C(NCc1cccnc1)C1CCCN(C2CCN(C(=O)c3cnccn3)CC2)C1. The van der Waals surface area contributed by atoms with Gasteiger partial charge in [-0.25, -0.2) is 4.98 Å². The molecule has 0 bridgehead atoms. The van der Waals surface area contributed by atoms with E-state index in [1.54, 1.807) is 24.8 Å². The smallest absolute Gasteiger partial charge is 0.274 e. The Balaban J connectivity index is 1.26. The van der Waals surface area contributed by atoms with E-state index < -0.39 is 0 Å². The third kappa shape index (κ3) is 4.99. The second-order valence-electron chi connectivity index (χ2n) is 8.03. The van der Waals surface area contributed by atoms with E-state index in [-0.39, 0.29) is 17.7 Å². The summed E-state index contributed by atoms with van der Waals surface area (Å²) in [5, 5.41) is 3.06. The Morgan fingerprint density at radius 2 is 1.87 bits per heavy atom. The monoisotopic (exact) mass is 408 g/mol. The number of aromatic nitrogens is 3. The van der Waals surface area contributed by atoms with Crippen molar-refractivity contribution in [2.24, 2.45) is 5.92 Å². The quantitative estimate of drug-likeness (QED) is 0.806. The summed E-state index contributed by atoms with van der Waals surface area (Å²) >= 11 is 0. The zero-order valence-corrected chi connectivity index (χ0v) is 17.1. The van der Waals surface area contributed by atoms with Crippen molar-refractivity contribution in [3.8, 4) is 0 Å². The van der Waals surface area contributed by atoms with Gasteiger partial charge in [-0.2, -0.15) is 0 Å². The minimum absolute atomic E-state index is 0.0228. The number of piperidine rings is 2. The lowest BCUT2D eigenvalue weighted by Crippen LogP contribution is -2.51. The Morgan fingerprint density at radius 1 is 1.03 bits per heavy atom. The molecule has 1 N–H and O–H groups in total. The van der Waals surface area contributed by atoms with Crippen molar-refractivity contribution >= 4 is 11.8 Å². The van der Waals surface area contributed by atoms with Crippen LogP contribution in [0.15, 0.2) is 43.1 Å². The van der Waals surface area contributed by atoms with Crippen molar-refractivity contribution in [3.05, 3.63) is 54.4 Å². The maximum atomic E-state index is 12.7. The van der Waals surface area contributed by atoms with Crippen LogP contribution in [0.25, 0.3) is 0 Å². The molecule has 0 spiro atoms. The molecule has 2 fully saturated rings. The van der Waals surface area contributed by atoms with E-state index >= 15 is 0 Å². The van der Waals surface area contributed by atoms with Crippen LogP contribution in [0.2, 0.25) is 0 Å². The topological polar surface area (TPSA) is 91.3 Å². The molecule has 2 aromatic heterocycles. The first-order valence-corrected chi connectivity index (χ1v) is 10.7. The van der Waals surface area contributed by atoms with E-state index in [9.17, 15) is 9.59 Å². The van der Waals surface area contributed by atoms with Crippen molar-refractivity contribution < 1.29 is 9.59 Å². The van der Waals surface area contributed by atoms with Gasteiger partial charge in [-0.3, -0.25) is 24.5 Å². The number of hydrogen-bond acceptors (Lipinski definition) is 6. The minimum atomic E-state index is -0.0483. The van der Waals surface area contributed by atoms with E-state index in [1.165, 1.54) is 6.20 Å². The number of likely N-dealkylation sites (tertiary alicyclic amines) is 2. The standard InChI is InChI=1S/C22H28N6O2/c29-21(26-14-17-3-1-7-23-13-17)18-4-2-10-28(16-18)19-5-11-27(12-6-19)22(30)20-15-24-8-9-25-20/h1,3,7-9,13,15,18-19H,2,4-6,10-12,14,16H2,(H,26,29). The first kappa shape index (κ1) is 20.4.